The highest BCUT2D eigenvalue weighted by molar-refractivity contribution is 9.10. The Bertz CT molecular complexity index is 530. The molecule has 1 aromatic carbocycles. The molecule has 19 heavy (non-hydrogen) atoms. The van der Waals surface area contributed by atoms with Crippen molar-refractivity contribution in [1.29, 1.82) is 0 Å². The monoisotopic (exact) mass is 327 g/mol. The van der Waals surface area contributed by atoms with Gasteiger partial charge in [-0.1, -0.05) is 6.92 Å². The first-order valence-electron chi connectivity index (χ1n) is 6.02. The average Bonchev–Trinajstić information content (AvgIpc) is 2.92. The smallest absolute Gasteiger partial charge is 0.171 e. The lowest BCUT2D eigenvalue weighted by Crippen LogP contribution is -2.31. The number of hydrogen-bond donors (Lipinski definition) is 1. The van der Waals surface area contributed by atoms with E-state index in [4.69, 9.17) is 14.9 Å². The molecule has 0 aliphatic rings. The van der Waals surface area contributed by atoms with Crippen LogP contribution in [0.2, 0.25) is 0 Å². The van der Waals surface area contributed by atoms with Crippen molar-refractivity contribution < 1.29 is 13.5 Å². The number of ether oxygens (including phenoxy) is 1. The molecule has 2 atom stereocenters. The number of furan rings is 1. The van der Waals surface area contributed by atoms with Gasteiger partial charge in [-0.05, 0) is 46.6 Å². The third-order valence-electron chi connectivity index (χ3n) is 2.83. The van der Waals surface area contributed by atoms with Gasteiger partial charge in [0.1, 0.15) is 17.3 Å². The van der Waals surface area contributed by atoms with Gasteiger partial charge in [0.05, 0.1) is 10.7 Å². The van der Waals surface area contributed by atoms with Crippen molar-refractivity contribution in [3.05, 3.63) is 52.6 Å². The summed E-state index contributed by atoms with van der Waals surface area (Å²) in [6.07, 6.45) is 1.84. The summed E-state index contributed by atoms with van der Waals surface area (Å²) in [6, 6.07) is 7.62. The largest absolute Gasteiger partial charge is 0.480 e. The Morgan fingerprint density at radius 3 is 2.84 bits per heavy atom. The molecular weight excluding hydrogens is 313 g/mol. The van der Waals surface area contributed by atoms with E-state index in [-0.39, 0.29) is 11.9 Å². The third kappa shape index (κ3) is 3.36. The van der Waals surface area contributed by atoms with E-state index >= 15 is 0 Å². The summed E-state index contributed by atoms with van der Waals surface area (Å²) in [7, 11) is 0. The second-order valence-electron chi connectivity index (χ2n) is 4.20. The molecule has 1 aromatic heterocycles. The molecule has 0 radical (unpaired) electrons. The van der Waals surface area contributed by atoms with Crippen LogP contribution < -0.4 is 10.5 Å². The van der Waals surface area contributed by atoms with E-state index in [1.165, 1.54) is 12.1 Å². The van der Waals surface area contributed by atoms with Gasteiger partial charge >= 0.3 is 0 Å². The fraction of sp³-hybridized carbons (Fsp3) is 0.286. The number of benzene rings is 1. The van der Waals surface area contributed by atoms with Gasteiger partial charge in [0, 0.05) is 12.1 Å². The van der Waals surface area contributed by atoms with Gasteiger partial charge < -0.3 is 14.9 Å². The topological polar surface area (TPSA) is 48.4 Å². The van der Waals surface area contributed by atoms with Gasteiger partial charge in [-0.2, -0.15) is 0 Å². The molecule has 2 N–H and O–H groups in total. The molecule has 0 saturated heterocycles. The summed E-state index contributed by atoms with van der Waals surface area (Å²) in [5.41, 5.74) is 6.05. The van der Waals surface area contributed by atoms with E-state index in [0.717, 1.165) is 6.42 Å². The fourth-order valence-corrected chi connectivity index (χ4v) is 2.07. The van der Waals surface area contributed by atoms with Gasteiger partial charge in [0.15, 0.2) is 6.10 Å². The lowest BCUT2D eigenvalue weighted by Gasteiger charge is -2.23. The van der Waals surface area contributed by atoms with Crippen molar-refractivity contribution in [1.82, 2.24) is 0 Å². The molecule has 0 saturated carbocycles. The van der Waals surface area contributed by atoms with Crippen LogP contribution in [0.1, 0.15) is 25.2 Å². The van der Waals surface area contributed by atoms with E-state index < -0.39 is 6.10 Å². The number of nitrogens with two attached hydrogens (primary N) is 1. The molecule has 2 rings (SSSR count). The zero-order valence-corrected chi connectivity index (χ0v) is 12.1. The Balaban J connectivity index is 2.28. The quantitative estimate of drug-likeness (QED) is 0.901. The van der Waals surface area contributed by atoms with Crippen molar-refractivity contribution in [3.8, 4) is 5.75 Å². The Morgan fingerprint density at radius 2 is 2.21 bits per heavy atom. The molecular formula is C14H15BrFNO2. The van der Waals surface area contributed by atoms with E-state index in [1.54, 1.807) is 24.5 Å². The highest BCUT2D eigenvalue weighted by Gasteiger charge is 2.24. The molecule has 0 aliphatic carbocycles. The first-order valence-corrected chi connectivity index (χ1v) is 6.81. The average molecular weight is 328 g/mol. The minimum atomic E-state index is -0.446. The van der Waals surface area contributed by atoms with Gasteiger partial charge in [0.25, 0.3) is 0 Å². The zero-order chi connectivity index (χ0) is 13.8. The van der Waals surface area contributed by atoms with Crippen LogP contribution in [0.5, 0.6) is 5.75 Å². The predicted molar refractivity (Wildman–Crippen MR) is 74.4 cm³/mol. The number of halogens is 2. The van der Waals surface area contributed by atoms with Gasteiger partial charge in [-0.15, -0.1) is 0 Å². The molecule has 0 fully saturated rings. The minimum Gasteiger partial charge on any atom is -0.480 e. The van der Waals surface area contributed by atoms with Crippen LogP contribution in [0.3, 0.4) is 0 Å². The maximum absolute atomic E-state index is 13.3. The normalized spacial score (nSPS) is 14.1. The van der Waals surface area contributed by atoms with Crippen molar-refractivity contribution in [2.75, 3.05) is 0 Å². The second-order valence-corrected chi connectivity index (χ2v) is 5.06. The molecule has 3 nitrogen and oxygen atoms in total. The SMILES string of the molecule is CCC(N)C(Oc1cc(F)ccc1Br)c1ccco1. The Kier molecular flexibility index (Phi) is 4.61. The molecule has 1 heterocycles. The van der Waals surface area contributed by atoms with Crippen molar-refractivity contribution >= 4 is 15.9 Å². The third-order valence-corrected chi connectivity index (χ3v) is 3.49. The lowest BCUT2D eigenvalue weighted by molar-refractivity contribution is 0.143. The van der Waals surface area contributed by atoms with E-state index in [2.05, 4.69) is 15.9 Å². The molecule has 2 unspecified atom stereocenters. The highest BCUT2D eigenvalue weighted by atomic mass is 79.9. The second kappa shape index (κ2) is 6.21. The summed E-state index contributed by atoms with van der Waals surface area (Å²) < 4.78 is 25.1. The molecule has 0 amide bonds. The molecule has 0 aliphatic heterocycles. The predicted octanol–water partition coefficient (Wildman–Crippen LogP) is 4.04. The van der Waals surface area contributed by atoms with Crippen LogP contribution in [-0.2, 0) is 0 Å². The first kappa shape index (κ1) is 14.1. The van der Waals surface area contributed by atoms with E-state index in [9.17, 15) is 4.39 Å². The number of rotatable bonds is 5. The maximum Gasteiger partial charge on any atom is 0.171 e. The maximum atomic E-state index is 13.3. The van der Waals surface area contributed by atoms with Crippen LogP contribution in [0.4, 0.5) is 4.39 Å². The molecule has 0 bridgehead atoms. The number of hydrogen-bond acceptors (Lipinski definition) is 3. The summed E-state index contributed by atoms with van der Waals surface area (Å²) in [5.74, 6) is 0.678. The van der Waals surface area contributed by atoms with E-state index in [0.29, 0.717) is 16.0 Å². The van der Waals surface area contributed by atoms with Crippen LogP contribution in [0, 0.1) is 5.82 Å². The lowest BCUT2D eigenvalue weighted by atomic mass is 10.1. The minimum absolute atomic E-state index is 0.235. The van der Waals surface area contributed by atoms with Gasteiger partial charge in [-0.3, -0.25) is 0 Å². The van der Waals surface area contributed by atoms with Crippen molar-refractivity contribution in [2.24, 2.45) is 5.73 Å². The van der Waals surface area contributed by atoms with Crippen LogP contribution in [0.25, 0.3) is 0 Å². The summed E-state index contributed by atoms with van der Waals surface area (Å²) in [5, 5.41) is 0. The van der Waals surface area contributed by atoms with Crippen LogP contribution >= 0.6 is 15.9 Å². The fourth-order valence-electron chi connectivity index (χ4n) is 1.73. The summed E-state index contributed by atoms with van der Waals surface area (Å²) in [6.45, 7) is 1.96. The standard InChI is InChI=1S/C14H15BrFNO2/c1-2-11(17)14(12-4-3-7-18-12)19-13-8-9(16)5-6-10(13)15/h3-8,11,14H,2,17H2,1H3. The molecule has 2 aromatic rings. The first-order chi connectivity index (χ1) is 9.11. The van der Waals surface area contributed by atoms with Gasteiger partial charge in [-0.25, -0.2) is 4.39 Å². The zero-order valence-electron chi connectivity index (χ0n) is 10.5. The molecule has 0 spiro atoms. The summed E-state index contributed by atoms with van der Waals surface area (Å²) >= 11 is 3.33. The highest BCUT2D eigenvalue weighted by Crippen LogP contribution is 2.32. The van der Waals surface area contributed by atoms with Crippen LogP contribution in [-0.4, -0.2) is 6.04 Å². The van der Waals surface area contributed by atoms with Gasteiger partial charge in [0.2, 0.25) is 0 Å². The van der Waals surface area contributed by atoms with Crippen molar-refractivity contribution in [2.45, 2.75) is 25.5 Å². The van der Waals surface area contributed by atoms with Crippen molar-refractivity contribution in [3.63, 3.8) is 0 Å². The van der Waals surface area contributed by atoms with Crippen LogP contribution in [0.15, 0.2) is 45.5 Å². The molecule has 102 valence electrons. The van der Waals surface area contributed by atoms with E-state index in [1.807, 2.05) is 6.92 Å². The Labute approximate surface area is 119 Å². The Morgan fingerprint density at radius 1 is 1.42 bits per heavy atom. The summed E-state index contributed by atoms with van der Waals surface area (Å²) in [4.78, 5) is 0. The molecule has 5 heteroatoms. The Hall–Kier alpha value is -1.33.